The summed E-state index contributed by atoms with van der Waals surface area (Å²) in [6, 6.07) is 20.3. The molecule has 0 bridgehead atoms. The molecule has 1 aliphatic heterocycles. The maximum Gasteiger partial charge on any atom is 0.186 e. The van der Waals surface area contributed by atoms with Crippen LogP contribution in [0.4, 0.5) is 0 Å². The third kappa shape index (κ3) is 9.22. The van der Waals surface area contributed by atoms with E-state index in [2.05, 4.69) is 51.4 Å². The van der Waals surface area contributed by atoms with E-state index in [1.54, 1.807) is 7.11 Å². The van der Waals surface area contributed by atoms with Gasteiger partial charge in [0.25, 0.3) is 0 Å². The number of hydrogen-bond donors (Lipinski definition) is 0. The number of hydrogen-bond acceptors (Lipinski definition) is 6. The van der Waals surface area contributed by atoms with Gasteiger partial charge in [0.05, 0.1) is 25.9 Å². The number of methoxy groups -OCH3 is 1. The molecular formula is C27H42O6Si2. The predicted molar refractivity (Wildman–Crippen MR) is 143 cm³/mol. The number of benzene rings is 2. The van der Waals surface area contributed by atoms with E-state index in [0.717, 1.165) is 11.1 Å². The van der Waals surface area contributed by atoms with Gasteiger partial charge in [-0.15, -0.1) is 0 Å². The Hall–Kier alpha value is -1.37. The Morgan fingerprint density at radius 1 is 0.743 bits per heavy atom. The van der Waals surface area contributed by atoms with Gasteiger partial charge in [-0.05, 0) is 50.4 Å². The Bertz CT molecular complexity index is 869. The van der Waals surface area contributed by atoms with Crippen LogP contribution in [0.3, 0.4) is 0 Å². The zero-order valence-corrected chi connectivity index (χ0v) is 24.2. The molecule has 0 aliphatic carbocycles. The van der Waals surface area contributed by atoms with E-state index >= 15 is 0 Å². The molecule has 1 saturated heterocycles. The maximum absolute atomic E-state index is 6.62. The van der Waals surface area contributed by atoms with Crippen LogP contribution in [0.5, 0.6) is 0 Å². The van der Waals surface area contributed by atoms with Crippen molar-refractivity contribution in [2.45, 2.75) is 83.2 Å². The van der Waals surface area contributed by atoms with Crippen LogP contribution in [-0.4, -0.2) is 61.1 Å². The molecule has 0 spiro atoms. The zero-order chi connectivity index (χ0) is 25.5. The first-order chi connectivity index (χ1) is 16.6. The van der Waals surface area contributed by atoms with Crippen molar-refractivity contribution in [3.05, 3.63) is 71.8 Å². The number of rotatable bonds is 13. The van der Waals surface area contributed by atoms with E-state index in [1.165, 1.54) is 0 Å². The zero-order valence-electron chi connectivity index (χ0n) is 22.2. The Morgan fingerprint density at radius 2 is 1.26 bits per heavy atom. The average molecular weight is 519 g/mol. The summed E-state index contributed by atoms with van der Waals surface area (Å²) >= 11 is 0. The molecule has 0 N–H and O–H groups in total. The first-order valence-corrected chi connectivity index (χ1v) is 19.2. The average Bonchev–Trinajstić information content (AvgIpc) is 3.16. The lowest BCUT2D eigenvalue weighted by Gasteiger charge is -2.34. The summed E-state index contributed by atoms with van der Waals surface area (Å²) in [5.41, 5.74) is 2.18. The van der Waals surface area contributed by atoms with Crippen LogP contribution < -0.4 is 0 Å². The third-order valence-electron chi connectivity index (χ3n) is 5.56. The molecule has 1 heterocycles. The molecule has 194 valence electrons. The third-order valence-corrected chi connectivity index (χ3v) is 7.60. The summed E-state index contributed by atoms with van der Waals surface area (Å²) in [5.74, 6) is 0. The largest absolute Gasteiger partial charge is 0.415 e. The highest BCUT2D eigenvalue weighted by Gasteiger charge is 2.51. The molecule has 6 nitrogen and oxygen atoms in total. The minimum Gasteiger partial charge on any atom is -0.415 e. The van der Waals surface area contributed by atoms with Gasteiger partial charge in [-0.3, -0.25) is 0 Å². The highest BCUT2D eigenvalue weighted by atomic mass is 28.4. The van der Waals surface area contributed by atoms with Crippen LogP contribution in [0.1, 0.15) is 11.1 Å². The van der Waals surface area contributed by atoms with E-state index < -0.39 is 29.0 Å². The van der Waals surface area contributed by atoms with Crippen molar-refractivity contribution in [2.24, 2.45) is 0 Å². The van der Waals surface area contributed by atoms with Crippen LogP contribution in [-0.2, 0) is 41.0 Å². The van der Waals surface area contributed by atoms with Crippen molar-refractivity contribution in [3.63, 3.8) is 0 Å². The Morgan fingerprint density at radius 3 is 1.71 bits per heavy atom. The molecule has 5 atom stereocenters. The lowest BCUT2D eigenvalue weighted by atomic mass is 10.1. The summed E-state index contributed by atoms with van der Waals surface area (Å²) in [4.78, 5) is 0. The molecule has 8 heteroatoms. The Labute approximate surface area is 213 Å². The predicted octanol–water partition coefficient (Wildman–Crippen LogP) is 5.60. The second kappa shape index (κ2) is 12.7. The van der Waals surface area contributed by atoms with Gasteiger partial charge in [-0.2, -0.15) is 0 Å². The first-order valence-electron chi connectivity index (χ1n) is 12.4. The molecule has 0 saturated carbocycles. The Balaban J connectivity index is 1.85. The van der Waals surface area contributed by atoms with Gasteiger partial charge < -0.3 is 27.8 Å². The summed E-state index contributed by atoms with van der Waals surface area (Å²) in [5, 5.41) is 0. The van der Waals surface area contributed by atoms with Crippen molar-refractivity contribution < 1.29 is 27.8 Å². The minimum absolute atomic E-state index is 0.280. The van der Waals surface area contributed by atoms with Gasteiger partial charge in [-0.1, -0.05) is 60.7 Å². The quantitative estimate of drug-likeness (QED) is 0.322. The topological polar surface area (TPSA) is 55.4 Å². The minimum atomic E-state index is -1.91. The van der Waals surface area contributed by atoms with Crippen molar-refractivity contribution in [1.29, 1.82) is 0 Å². The van der Waals surface area contributed by atoms with Crippen LogP contribution in [0.25, 0.3) is 0 Å². The molecule has 1 aliphatic rings. The highest BCUT2D eigenvalue weighted by Crippen LogP contribution is 2.33. The summed E-state index contributed by atoms with van der Waals surface area (Å²) in [6.07, 6.45) is -2.02. The highest BCUT2D eigenvalue weighted by molar-refractivity contribution is 6.70. The van der Waals surface area contributed by atoms with Gasteiger partial charge in [0, 0.05) is 7.11 Å². The van der Waals surface area contributed by atoms with Gasteiger partial charge >= 0.3 is 0 Å². The fourth-order valence-electron chi connectivity index (χ4n) is 4.02. The summed E-state index contributed by atoms with van der Waals surface area (Å²) < 4.78 is 38.1. The van der Waals surface area contributed by atoms with Crippen molar-refractivity contribution >= 4 is 16.6 Å². The molecule has 3 rings (SSSR count). The van der Waals surface area contributed by atoms with E-state index in [0.29, 0.717) is 19.8 Å². The molecule has 2 aromatic carbocycles. The molecule has 2 aromatic rings. The van der Waals surface area contributed by atoms with Crippen LogP contribution >= 0.6 is 0 Å². The summed E-state index contributed by atoms with van der Waals surface area (Å²) in [6.45, 7) is 14.4. The van der Waals surface area contributed by atoms with Gasteiger partial charge in [0.1, 0.15) is 18.3 Å². The molecule has 0 amide bonds. The molecule has 0 aromatic heterocycles. The van der Waals surface area contributed by atoms with Crippen molar-refractivity contribution in [3.8, 4) is 0 Å². The normalized spacial score (nSPS) is 24.0. The molecule has 35 heavy (non-hydrogen) atoms. The second-order valence-corrected chi connectivity index (χ2v) is 19.9. The van der Waals surface area contributed by atoms with E-state index in [9.17, 15) is 0 Å². The van der Waals surface area contributed by atoms with Gasteiger partial charge in [0.2, 0.25) is 0 Å². The van der Waals surface area contributed by atoms with E-state index in [1.807, 2.05) is 48.5 Å². The molecule has 0 radical (unpaired) electrons. The van der Waals surface area contributed by atoms with Crippen LogP contribution in [0.15, 0.2) is 60.7 Å². The van der Waals surface area contributed by atoms with Crippen molar-refractivity contribution in [2.75, 3.05) is 13.7 Å². The first kappa shape index (κ1) is 28.2. The smallest absolute Gasteiger partial charge is 0.186 e. The van der Waals surface area contributed by atoms with E-state index in [-0.39, 0.29) is 18.3 Å². The van der Waals surface area contributed by atoms with E-state index in [4.69, 9.17) is 27.8 Å². The molecule has 1 fully saturated rings. The van der Waals surface area contributed by atoms with Crippen LogP contribution in [0, 0.1) is 0 Å². The SMILES string of the molecule is CO[C@@H]1O[C@@H]([C@@H](CO[Si](C)(C)C)O[Si](C)(C)C)[C@H](OCc2ccccc2)[C@H]1OCc1ccccc1. The maximum atomic E-state index is 6.62. The fourth-order valence-corrected chi connectivity index (χ4v) is 5.79. The monoisotopic (exact) mass is 518 g/mol. The molecular weight excluding hydrogens is 476 g/mol. The Kier molecular flexibility index (Phi) is 10.3. The van der Waals surface area contributed by atoms with Gasteiger partial charge in [0.15, 0.2) is 22.9 Å². The van der Waals surface area contributed by atoms with Gasteiger partial charge in [-0.25, -0.2) is 0 Å². The fraction of sp³-hybridized carbons (Fsp3) is 0.556. The van der Waals surface area contributed by atoms with Crippen LogP contribution in [0.2, 0.25) is 39.3 Å². The lowest BCUT2D eigenvalue weighted by Crippen LogP contribution is -2.49. The number of ether oxygens (including phenoxy) is 4. The van der Waals surface area contributed by atoms with Crippen molar-refractivity contribution in [1.82, 2.24) is 0 Å². The molecule has 0 unspecified atom stereocenters. The lowest BCUT2D eigenvalue weighted by molar-refractivity contribution is -0.175. The standard InChI is InChI=1S/C27H42O6Si2/c1-28-27-26(30-19-22-16-12-9-13-17-22)25(29-18-21-14-10-8-11-15-21)24(32-27)23(33-35(5,6)7)20-31-34(2,3)4/h8-17,23-27H,18-20H2,1-7H3/t23-,24+,25+,26-,27-/m1/s1. The second-order valence-electron chi connectivity index (χ2n) is 10.9. The summed E-state index contributed by atoms with van der Waals surface area (Å²) in [7, 11) is -2.03.